The highest BCUT2D eigenvalue weighted by Crippen LogP contribution is 2.07. The Hall–Kier alpha value is -1.51. The van der Waals surface area contributed by atoms with Crippen LogP contribution in [0.2, 0.25) is 0 Å². The molecule has 7 nitrogen and oxygen atoms in total. The number of aryl methyl sites for hydroxylation is 1. The Kier molecular flexibility index (Phi) is 6.94. The highest BCUT2D eigenvalue weighted by atomic mass is 32.2. The minimum Gasteiger partial charge on any atom is -0.379 e. The van der Waals surface area contributed by atoms with Crippen molar-refractivity contribution in [3.05, 3.63) is 30.1 Å². The van der Waals surface area contributed by atoms with Gasteiger partial charge in [-0.25, -0.2) is 8.42 Å². The molecule has 2 heterocycles. The zero-order valence-corrected chi connectivity index (χ0v) is 13.9. The Morgan fingerprint density at radius 3 is 2.83 bits per heavy atom. The van der Waals surface area contributed by atoms with E-state index in [0.29, 0.717) is 32.8 Å². The molecule has 0 atom stereocenters. The van der Waals surface area contributed by atoms with Crippen LogP contribution in [0.5, 0.6) is 0 Å². The lowest BCUT2D eigenvalue weighted by atomic mass is 10.1. The highest BCUT2D eigenvalue weighted by molar-refractivity contribution is 7.89. The Morgan fingerprint density at radius 2 is 2.13 bits per heavy atom. The normalized spacial score (nSPS) is 16.2. The lowest BCUT2D eigenvalue weighted by Crippen LogP contribution is -2.42. The predicted octanol–water partition coefficient (Wildman–Crippen LogP) is 0.183. The van der Waals surface area contributed by atoms with Gasteiger partial charge in [0.15, 0.2) is 0 Å². The van der Waals surface area contributed by atoms with Crippen LogP contribution in [0.15, 0.2) is 24.5 Å². The quantitative estimate of drug-likeness (QED) is 0.682. The van der Waals surface area contributed by atoms with Gasteiger partial charge < -0.3 is 10.1 Å². The van der Waals surface area contributed by atoms with E-state index in [-0.39, 0.29) is 18.1 Å². The number of nitrogens with one attached hydrogen (secondary N) is 1. The Morgan fingerprint density at radius 1 is 1.35 bits per heavy atom. The van der Waals surface area contributed by atoms with Gasteiger partial charge in [-0.15, -0.1) is 0 Å². The number of rotatable bonds is 8. The summed E-state index contributed by atoms with van der Waals surface area (Å²) in [6, 6.07) is 3.87. The number of nitrogens with zero attached hydrogens (tertiary/aromatic N) is 2. The van der Waals surface area contributed by atoms with E-state index in [4.69, 9.17) is 4.74 Å². The molecular formula is C15H23N3O4S. The van der Waals surface area contributed by atoms with Crippen LogP contribution in [-0.4, -0.2) is 62.2 Å². The van der Waals surface area contributed by atoms with Crippen LogP contribution >= 0.6 is 0 Å². The molecule has 0 aliphatic carbocycles. The van der Waals surface area contributed by atoms with Crippen molar-refractivity contribution in [2.75, 3.05) is 38.6 Å². The standard InChI is InChI=1S/C15H23N3O4S/c19-15(17-7-2-4-14-3-1-6-16-13-14)5-12-23(20,21)18-8-10-22-11-9-18/h1,3,6,13H,2,4-5,7-12H2,(H,17,19). The van der Waals surface area contributed by atoms with Gasteiger partial charge in [-0.05, 0) is 24.5 Å². The molecule has 0 aromatic carbocycles. The smallest absolute Gasteiger partial charge is 0.221 e. The van der Waals surface area contributed by atoms with Crippen LogP contribution in [-0.2, 0) is 26.0 Å². The molecule has 1 amide bonds. The first-order valence-corrected chi connectivity index (χ1v) is 9.40. The lowest BCUT2D eigenvalue weighted by molar-refractivity contribution is -0.120. The molecule has 0 saturated carbocycles. The third-order valence-electron chi connectivity index (χ3n) is 3.64. The van der Waals surface area contributed by atoms with Crippen LogP contribution in [0.25, 0.3) is 0 Å². The molecule has 1 N–H and O–H groups in total. The predicted molar refractivity (Wildman–Crippen MR) is 86.4 cm³/mol. The molecular weight excluding hydrogens is 318 g/mol. The fourth-order valence-electron chi connectivity index (χ4n) is 2.33. The van der Waals surface area contributed by atoms with Gasteiger partial charge in [0.1, 0.15) is 0 Å². The minimum atomic E-state index is -3.37. The molecule has 0 radical (unpaired) electrons. The number of pyridine rings is 1. The van der Waals surface area contributed by atoms with Gasteiger partial charge >= 0.3 is 0 Å². The summed E-state index contributed by atoms with van der Waals surface area (Å²) in [6.45, 7) is 2.11. The number of morpholine rings is 1. The molecule has 1 aliphatic rings. The zero-order chi connectivity index (χ0) is 16.5. The molecule has 1 saturated heterocycles. The van der Waals surface area contributed by atoms with E-state index in [1.54, 1.807) is 12.4 Å². The number of carbonyl (C=O) groups is 1. The van der Waals surface area contributed by atoms with Gasteiger partial charge in [-0.3, -0.25) is 9.78 Å². The molecule has 1 fully saturated rings. The second kappa shape index (κ2) is 8.95. The third kappa shape index (κ3) is 6.25. The topological polar surface area (TPSA) is 88.6 Å². The number of hydrogen-bond donors (Lipinski definition) is 1. The number of hydrogen-bond acceptors (Lipinski definition) is 5. The average molecular weight is 341 g/mol. The van der Waals surface area contributed by atoms with Gasteiger partial charge in [-0.2, -0.15) is 4.31 Å². The van der Waals surface area contributed by atoms with E-state index in [2.05, 4.69) is 10.3 Å². The molecule has 8 heteroatoms. The van der Waals surface area contributed by atoms with Gasteiger partial charge in [0, 0.05) is 38.4 Å². The van der Waals surface area contributed by atoms with E-state index in [1.165, 1.54) is 4.31 Å². The van der Waals surface area contributed by atoms with Crippen molar-refractivity contribution >= 4 is 15.9 Å². The van der Waals surface area contributed by atoms with E-state index in [0.717, 1.165) is 18.4 Å². The van der Waals surface area contributed by atoms with Crippen LogP contribution in [0.1, 0.15) is 18.4 Å². The Balaban J connectivity index is 1.62. The van der Waals surface area contributed by atoms with Crippen molar-refractivity contribution < 1.29 is 17.9 Å². The number of amides is 1. The van der Waals surface area contributed by atoms with E-state index in [9.17, 15) is 13.2 Å². The van der Waals surface area contributed by atoms with Crippen molar-refractivity contribution in [3.8, 4) is 0 Å². The Bertz CT molecular complexity index is 586. The molecule has 128 valence electrons. The van der Waals surface area contributed by atoms with Crippen LogP contribution in [0.4, 0.5) is 0 Å². The molecule has 0 unspecified atom stereocenters. The molecule has 0 bridgehead atoms. The first-order valence-electron chi connectivity index (χ1n) is 7.79. The van der Waals surface area contributed by atoms with Gasteiger partial charge in [0.25, 0.3) is 0 Å². The van der Waals surface area contributed by atoms with Crippen molar-refractivity contribution in [2.45, 2.75) is 19.3 Å². The average Bonchev–Trinajstić information content (AvgIpc) is 2.59. The van der Waals surface area contributed by atoms with Crippen LogP contribution in [0, 0.1) is 0 Å². The van der Waals surface area contributed by atoms with Crippen molar-refractivity contribution in [1.29, 1.82) is 0 Å². The van der Waals surface area contributed by atoms with Gasteiger partial charge in [0.05, 0.1) is 19.0 Å². The zero-order valence-electron chi connectivity index (χ0n) is 13.1. The summed E-state index contributed by atoms with van der Waals surface area (Å²) in [4.78, 5) is 15.8. The van der Waals surface area contributed by atoms with Crippen molar-refractivity contribution in [1.82, 2.24) is 14.6 Å². The number of sulfonamides is 1. The molecule has 0 spiro atoms. The first kappa shape index (κ1) is 17.8. The summed E-state index contributed by atoms with van der Waals surface area (Å²) in [5.41, 5.74) is 1.12. The molecule has 2 rings (SSSR count). The number of ether oxygens (including phenoxy) is 1. The summed E-state index contributed by atoms with van der Waals surface area (Å²) in [6.07, 6.45) is 5.15. The summed E-state index contributed by atoms with van der Waals surface area (Å²) in [7, 11) is -3.37. The summed E-state index contributed by atoms with van der Waals surface area (Å²) in [5.74, 6) is -0.380. The van der Waals surface area contributed by atoms with E-state index in [1.807, 2.05) is 12.1 Å². The second-order valence-corrected chi connectivity index (χ2v) is 7.48. The fraction of sp³-hybridized carbons (Fsp3) is 0.600. The van der Waals surface area contributed by atoms with Gasteiger partial charge in [-0.1, -0.05) is 6.07 Å². The maximum absolute atomic E-state index is 12.1. The third-order valence-corrected chi connectivity index (χ3v) is 5.51. The number of aromatic nitrogens is 1. The van der Waals surface area contributed by atoms with E-state index < -0.39 is 10.0 Å². The highest BCUT2D eigenvalue weighted by Gasteiger charge is 2.24. The fourth-order valence-corrected chi connectivity index (χ4v) is 3.74. The SMILES string of the molecule is O=C(CCS(=O)(=O)N1CCOCC1)NCCCc1cccnc1. The summed E-state index contributed by atoms with van der Waals surface area (Å²) in [5, 5.41) is 2.76. The maximum Gasteiger partial charge on any atom is 0.221 e. The molecule has 1 aromatic rings. The first-order chi connectivity index (χ1) is 11.1. The second-order valence-electron chi connectivity index (χ2n) is 5.39. The van der Waals surface area contributed by atoms with Crippen LogP contribution in [0.3, 0.4) is 0 Å². The molecule has 1 aliphatic heterocycles. The monoisotopic (exact) mass is 341 g/mol. The van der Waals surface area contributed by atoms with Crippen molar-refractivity contribution in [2.24, 2.45) is 0 Å². The molecule has 1 aromatic heterocycles. The largest absolute Gasteiger partial charge is 0.379 e. The van der Waals surface area contributed by atoms with Crippen molar-refractivity contribution in [3.63, 3.8) is 0 Å². The number of carbonyl (C=O) groups excluding carboxylic acids is 1. The Labute approximate surface area is 137 Å². The maximum atomic E-state index is 12.1. The van der Waals surface area contributed by atoms with E-state index >= 15 is 0 Å². The summed E-state index contributed by atoms with van der Waals surface area (Å²) < 4.78 is 30.7. The lowest BCUT2D eigenvalue weighted by Gasteiger charge is -2.25. The summed E-state index contributed by atoms with van der Waals surface area (Å²) >= 11 is 0. The van der Waals surface area contributed by atoms with Gasteiger partial charge in [0.2, 0.25) is 15.9 Å². The minimum absolute atomic E-state index is 0.00736. The van der Waals surface area contributed by atoms with Crippen LogP contribution < -0.4 is 5.32 Å². The molecule has 23 heavy (non-hydrogen) atoms.